The number of carbonyl (C=O) groups is 2. The van der Waals surface area contributed by atoms with E-state index < -0.39 is 11.3 Å². The molecule has 9 heteroatoms. The first-order valence-corrected chi connectivity index (χ1v) is 11.8. The minimum atomic E-state index is -0.509. The van der Waals surface area contributed by atoms with Crippen molar-refractivity contribution in [2.45, 2.75) is 20.8 Å². The van der Waals surface area contributed by atoms with E-state index in [4.69, 9.17) is 16.6 Å². The molecule has 2 N–H and O–H groups in total. The molecule has 170 valence electrons. The van der Waals surface area contributed by atoms with Crippen LogP contribution in [0.15, 0.2) is 35.1 Å². The molecule has 33 heavy (non-hydrogen) atoms. The highest BCUT2D eigenvalue weighted by atomic mass is 35.5. The molecule has 0 bridgehead atoms. The molecule has 1 heterocycles. The standard InChI is InChI=1S/C24H23ClN4O3S/c1-5-29(6-2)13-7-9-15-17(11-13)33-23-20(24(32)26-4)22(31)18-14(25)8-10-16(27-12(3)30)19(18)21(23)28-15/h7-11H,5-6H2,1-4H3,(H,26,32)(H,27,30). The van der Waals surface area contributed by atoms with Gasteiger partial charge in [-0.2, -0.15) is 0 Å². The molecule has 0 radical (unpaired) electrons. The van der Waals surface area contributed by atoms with Gasteiger partial charge in [-0.3, -0.25) is 14.4 Å². The molecule has 2 amide bonds. The number of hydrogen-bond acceptors (Lipinski definition) is 6. The van der Waals surface area contributed by atoms with Crippen LogP contribution < -0.4 is 21.0 Å². The van der Waals surface area contributed by atoms with Crippen LogP contribution in [0.2, 0.25) is 5.02 Å². The van der Waals surface area contributed by atoms with Gasteiger partial charge in [-0.05, 0) is 44.2 Å². The van der Waals surface area contributed by atoms with Crippen LogP contribution >= 0.6 is 22.9 Å². The first kappa shape index (κ1) is 22.9. The Morgan fingerprint density at radius 3 is 2.48 bits per heavy atom. The zero-order valence-corrected chi connectivity index (χ0v) is 20.3. The second-order valence-corrected chi connectivity index (χ2v) is 8.98. The van der Waals surface area contributed by atoms with E-state index in [0.717, 1.165) is 29.0 Å². The fourth-order valence-electron chi connectivity index (χ4n) is 4.03. The average Bonchev–Trinajstić information content (AvgIpc) is 2.79. The van der Waals surface area contributed by atoms with Gasteiger partial charge in [0.1, 0.15) is 5.56 Å². The SMILES string of the molecule is CCN(CC)c1ccc2nc3c4c(NC(C)=O)ccc(Cl)c4c(=O)c(C(=O)NC)c-3sc2c1. The van der Waals surface area contributed by atoms with Gasteiger partial charge in [-0.25, -0.2) is 4.98 Å². The van der Waals surface area contributed by atoms with Gasteiger partial charge < -0.3 is 15.5 Å². The summed E-state index contributed by atoms with van der Waals surface area (Å²) in [5.41, 5.74) is 2.13. The van der Waals surface area contributed by atoms with Gasteiger partial charge >= 0.3 is 0 Å². The lowest BCUT2D eigenvalue weighted by atomic mass is 9.98. The third-order valence-corrected chi connectivity index (χ3v) is 7.03. The number of anilines is 2. The van der Waals surface area contributed by atoms with Crippen molar-refractivity contribution in [2.75, 3.05) is 30.4 Å². The van der Waals surface area contributed by atoms with Gasteiger partial charge in [0.05, 0.1) is 36.9 Å². The van der Waals surface area contributed by atoms with Crippen LogP contribution in [-0.2, 0) is 4.79 Å². The summed E-state index contributed by atoms with van der Waals surface area (Å²) in [6.07, 6.45) is 0. The molecule has 0 fully saturated rings. The van der Waals surface area contributed by atoms with Crippen LogP contribution in [0.4, 0.5) is 11.4 Å². The van der Waals surface area contributed by atoms with Crippen molar-refractivity contribution in [2.24, 2.45) is 0 Å². The number of halogens is 1. The normalized spacial score (nSPS) is 11.2. The molecular formula is C24H23ClN4O3S. The van der Waals surface area contributed by atoms with Crippen LogP contribution in [0, 0.1) is 0 Å². The summed E-state index contributed by atoms with van der Waals surface area (Å²) in [5.74, 6) is -0.798. The van der Waals surface area contributed by atoms with Crippen molar-refractivity contribution in [3.63, 3.8) is 0 Å². The van der Waals surface area contributed by atoms with Crippen molar-refractivity contribution in [3.8, 4) is 10.6 Å². The summed E-state index contributed by atoms with van der Waals surface area (Å²) >= 11 is 7.75. The summed E-state index contributed by atoms with van der Waals surface area (Å²) in [7, 11) is 1.48. The molecule has 1 aliphatic heterocycles. The van der Waals surface area contributed by atoms with Gasteiger partial charge in [0, 0.05) is 38.1 Å². The summed E-state index contributed by atoms with van der Waals surface area (Å²) in [5, 5.41) is 6.11. The molecule has 0 saturated carbocycles. The van der Waals surface area contributed by atoms with Crippen molar-refractivity contribution >= 4 is 67.1 Å². The quantitative estimate of drug-likeness (QED) is 0.317. The van der Waals surface area contributed by atoms with Crippen LogP contribution in [0.3, 0.4) is 0 Å². The average molecular weight is 483 g/mol. The van der Waals surface area contributed by atoms with E-state index >= 15 is 0 Å². The second-order valence-electron chi connectivity index (χ2n) is 7.53. The first-order chi connectivity index (χ1) is 15.8. The highest BCUT2D eigenvalue weighted by Crippen LogP contribution is 2.42. The Labute approximate surface area is 199 Å². The maximum Gasteiger partial charge on any atom is 0.256 e. The Balaban J connectivity index is 2.19. The number of amides is 2. The van der Waals surface area contributed by atoms with Crippen molar-refractivity contribution in [3.05, 3.63) is 51.1 Å². The number of nitrogens with zero attached hydrogens (tertiary/aromatic N) is 2. The number of aromatic nitrogens is 1. The molecule has 4 rings (SSSR count). The Hall–Kier alpha value is -3.23. The first-order valence-electron chi connectivity index (χ1n) is 10.6. The highest BCUT2D eigenvalue weighted by molar-refractivity contribution is 7.22. The van der Waals surface area contributed by atoms with E-state index in [0.29, 0.717) is 21.6 Å². The van der Waals surface area contributed by atoms with Gasteiger partial charge in [0.25, 0.3) is 5.91 Å². The Morgan fingerprint density at radius 1 is 1.12 bits per heavy atom. The third-order valence-electron chi connectivity index (χ3n) is 5.57. The minimum absolute atomic E-state index is 0.00508. The van der Waals surface area contributed by atoms with E-state index in [9.17, 15) is 14.4 Å². The number of nitrogens with one attached hydrogen (secondary N) is 2. The summed E-state index contributed by atoms with van der Waals surface area (Å²) in [4.78, 5) is 45.7. The molecule has 7 nitrogen and oxygen atoms in total. The lowest BCUT2D eigenvalue weighted by Gasteiger charge is -2.22. The number of fused-ring (bicyclic) bond motifs is 4. The van der Waals surface area contributed by atoms with Gasteiger partial charge in [0.2, 0.25) is 11.3 Å². The predicted molar refractivity (Wildman–Crippen MR) is 136 cm³/mol. The molecule has 2 aromatic carbocycles. The zero-order chi connectivity index (χ0) is 23.9. The fraction of sp³-hybridized carbons (Fsp3) is 0.250. The zero-order valence-electron chi connectivity index (χ0n) is 18.7. The smallest absolute Gasteiger partial charge is 0.256 e. The molecule has 2 aromatic rings. The Morgan fingerprint density at radius 2 is 1.85 bits per heavy atom. The van der Waals surface area contributed by atoms with Crippen molar-refractivity contribution in [1.29, 1.82) is 0 Å². The monoisotopic (exact) mass is 482 g/mol. The maximum atomic E-state index is 13.5. The molecule has 1 aliphatic carbocycles. The van der Waals surface area contributed by atoms with E-state index in [1.807, 2.05) is 18.2 Å². The maximum absolute atomic E-state index is 13.5. The van der Waals surface area contributed by atoms with Crippen LogP contribution in [0.25, 0.3) is 31.6 Å². The number of benzene rings is 3. The van der Waals surface area contributed by atoms with E-state index in [1.54, 1.807) is 6.07 Å². The van der Waals surface area contributed by atoms with E-state index in [-0.39, 0.29) is 21.9 Å². The Kier molecular flexibility index (Phi) is 6.23. The molecule has 2 aliphatic rings. The van der Waals surface area contributed by atoms with E-state index in [1.165, 1.54) is 31.4 Å². The van der Waals surface area contributed by atoms with Crippen LogP contribution in [-0.4, -0.2) is 36.9 Å². The molecular weight excluding hydrogens is 460 g/mol. The highest BCUT2D eigenvalue weighted by Gasteiger charge is 2.28. The lowest BCUT2D eigenvalue weighted by molar-refractivity contribution is -0.114. The van der Waals surface area contributed by atoms with Crippen molar-refractivity contribution < 1.29 is 9.59 Å². The van der Waals surface area contributed by atoms with Crippen molar-refractivity contribution in [1.82, 2.24) is 10.3 Å². The second kappa shape index (κ2) is 8.96. The lowest BCUT2D eigenvalue weighted by Crippen LogP contribution is -2.27. The molecule has 0 saturated heterocycles. The van der Waals surface area contributed by atoms with E-state index in [2.05, 4.69) is 29.4 Å². The summed E-state index contributed by atoms with van der Waals surface area (Å²) in [6.45, 7) is 7.27. The summed E-state index contributed by atoms with van der Waals surface area (Å²) in [6, 6.07) is 9.14. The topological polar surface area (TPSA) is 91.4 Å². The molecule has 0 aromatic heterocycles. The molecule has 0 unspecified atom stereocenters. The third kappa shape index (κ3) is 3.89. The minimum Gasteiger partial charge on any atom is -0.372 e. The molecule has 0 spiro atoms. The van der Waals surface area contributed by atoms with Gasteiger partial charge in [-0.1, -0.05) is 11.6 Å². The number of hydrogen-bond donors (Lipinski definition) is 2. The van der Waals surface area contributed by atoms with Crippen LogP contribution in [0.5, 0.6) is 0 Å². The predicted octanol–water partition coefficient (Wildman–Crippen LogP) is 4.73. The summed E-state index contributed by atoms with van der Waals surface area (Å²) < 4.78 is 0.846. The fourth-order valence-corrected chi connectivity index (χ4v) is 5.42. The Bertz CT molecular complexity index is 1450. The largest absolute Gasteiger partial charge is 0.372 e. The van der Waals surface area contributed by atoms with Gasteiger partial charge in [0.15, 0.2) is 0 Å². The van der Waals surface area contributed by atoms with Gasteiger partial charge in [-0.15, -0.1) is 11.3 Å². The number of rotatable bonds is 5. The van der Waals surface area contributed by atoms with Crippen LogP contribution in [0.1, 0.15) is 31.1 Å². The number of carbonyl (C=O) groups excluding carboxylic acids is 2. The molecule has 0 atom stereocenters.